The molecule has 0 aromatic carbocycles. The van der Waals surface area contributed by atoms with Crippen LogP contribution in [0.1, 0.15) is 39.0 Å². The van der Waals surface area contributed by atoms with E-state index in [0.717, 1.165) is 5.92 Å². The molecule has 0 saturated heterocycles. The topological polar surface area (TPSA) is 20.2 Å². The Hall–Kier alpha value is -0.0400. The van der Waals surface area contributed by atoms with Gasteiger partial charge in [0.15, 0.2) is 0 Å². The highest BCUT2D eigenvalue weighted by Gasteiger charge is 2.41. The maximum Gasteiger partial charge on any atom is 0.0599 e. The molecule has 3 aliphatic carbocycles. The van der Waals surface area contributed by atoms with Crippen molar-refractivity contribution in [1.82, 2.24) is 0 Å². The highest BCUT2D eigenvalue weighted by atomic mass is 16.3. The van der Waals surface area contributed by atoms with Crippen LogP contribution in [-0.4, -0.2) is 11.2 Å². The second-order valence-electron chi connectivity index (χ2n) is 4.24. The summed E-state index contributed by atoms with van der Waals surface area (Å²) in [7, 11) is 0. The van der Waals surface area contributed by atoms with Crippen molar-refractivity contribution in [3.8, 4) is 0 Å². The predicted molar refractivity (Wildman–Crippen MR) is 45.2 cm³/mol. The van der Waals surface area contributed by atoms with Gasteiger partial charge in [0, 0.05) is 0 Å². The maximum atomic E-state index is 9.86. The summed E-state index contributed by atoms with van der Waals surface area (Å²) in [5.41, 5.74) is 0. The van der Waals surface area contributed by atoms with Crippen LogP contribution in [0.15, 0.2) is 0 Å². The van der Waals surface area contributed by atoms with Gasteiger partial charge in [-0.2, -0.15) is 0 Å². The quantitative estimate of drug-likeness (QED) is 0.614. The van der Waals surface area contributed by atoms with Gasteiger partial charge in [0.05, 0.1) is 6.10 Å². The molecule has 1 nitrogen and oxygen atoms in total. The fourth-order valence-electron chi connectivity index (χ4n) is 3.12. The van der Waals surface area contributed by atoms with E-state index in [1.54, 1.807) is 0 Å². The second-order valence-corrected chi connectivity index (χ2v) is 4.24. The molecule has 3 rings (SSSR count). The standard InChI is InChI=1S/C10H18O/c1-2-9-7-3-5-8(6-4-7)10(9)11/h7-11H,2-6H2,1H3/t7?,8?,9-,10-/m1/s1. The zero-order chi connectivity index (χ0) is 7.84. The number of rotatable bonds is 1. The van der Waals surface area contributed by atoms with Crippen molar-refractivity contribution in [2.24, 2.45) is 17.8 Å². The Bertz CT molecular complexity index is 134. The van der Waals surface area contributed by atoms with E-state index in [4.69, 9.17) is 0 Å². The fraction of sp³-hybridized carbons (Fsp3) is 1.00. The van der Waals surface area contributed by atoms with Crippen LogP contribution < -0.4 is 0 Å². The van der Waals surface area contributed by atoms with Gasteiger partial charge in [-0.05, 0) is 43.4 Å². The third kappa shape index (κ3) is 1.10. The van der Waals surface area contributed by atoms with Gasteiger partial charge in [-0.25, -0.2) is 0 Å². The largest absolute Gasteiger partial charge is 0.393 e. The van der Waals surface area contributed by atoms with E-state index in [1.807, 2.05) is 0 Å². The third-order valence-electron chi connectivity index (χ3n) is 3.82. The monoisotopic (exact) mass is 154 g/mol. The van der Waals surface area contributed by atoms with Crippen molar-refractivity contribution in [2.75, 3.05) is 0 Å². The summed E-state index contributed by atoms with van der Waals surface area (Å²) in [6.07, 6.45) is 6.60. The first-order valence-electron chi connectivity index (χ1n) is 5.01. The Morgan fingerprint density at radius 1 is 1.09 bits per heavy atom. The van der Waals surface area contributed by atoms with E-state index in [9.17, 15) is 5.11 Å². The highest BCUT2D eigenvalue weighted by Crippen LogP contribution is 2.46. The normalized spacial score (nSPS) is 49.6. The number of aliphatic hydroxyl groups excluding tert-OH is 1. The van der Waals surface area contributed by atoms with Crippen molar-refractivity contribution in [2.45, 2.75) is 45.1 Å². The molecule has 0 aromatic heterocycles. The summed E-state index contributed by atoms with van der Waals surface area (Å²) in [5, 5.41) is 9.86. The predicted octanol–water partition coefficient (Wildman–Crippen LogP) is 2.19. The van der Waals surface area contributed by atoms with E-state index >= 15 is 0 Å². The molecule has 0 unspecified atom stereocenters. The summed E-state index contributed by atoms with van der Waals surface area (Å²) in [5.74, 6) is 2.16. The molecule has 11 heavy (non-hydrogen) atoms. The SMILES string of the molecule is CC[C@@H]1C2CCC(CC2)[C@H]1O. The molecule has 3 aliphatic rings. The molecule has 0 amide bonds. The van der Waals surface area contributed by atoms with Crippen LogP contribution in [0.5, 0.6) is 0 Å². The lowest BCUT2D eigenvalue weighted by Crippen LogP contribution is -2.43. The Balaban J connectivity index is 2.10. The fourth-order valence-corrected chi connectivity index (χ4v) is 3.12. The summed E-state index contributed by atoms with van der Waals surface area (Å²) in [4.78, 5) is 0. The molecule has 0 radical (unpaired) electrons. The van der Waals surface area contributed by atoms with Gasteiger partial charge in [0.25, 0.3) is 0 Å². The molecule has 1 heteroatoms. The van der Waals surface area contributed by atoms with E-state index in [-0.39, 0.29) is 6.10 Å². The van der Waals surface area contributed by atoms with Gasteiger partial charge >= 0.3 is 0 Å². The van der Waals surface area contributed by atoms with Crippen molar-refractivity contribution >= 4 is 0 Å². The average molecular weight is 154 g/mol. The minimum atomic E-state index is 0.0486. The zero-order valence-electron chi connectivity index (χ0n) is 7.29. The van der Waals surface area contributed by atoms with Crippen molar-refractivity contribution < 1.29 is 5.11 Å². The lowest BCUT2D eigenvalue weighted by Gasteiger charge is -2.46. The van der Waals surface area contributed by atoms with Crippen LogP contribution in [0.2, 0.25) is 0 Å². The molecular formula is C10H18O. The summed E-state index contributed by atoms with van der Waals surface area (Å²) < 4.78 is 0. The van der Waals surface area contributed by atoms with Gasteiger partial charge in [-0.1, -0.05) is 13.3 Å². The van der Waals surface area contributed by atoms with Gasteiger partial charge in [-0.15, -0.1) is 0 Å². The van der Waals surface area contributed by atoms with E-state index < -0.39 is 0 Å². The number of hydrogen-bond acceptors (Lipinski definition) is 1. The smallest absolute Gasteiger partial charge is 0.0599 e. The first-order valence-corrected chi connectivity index (χ1v) is 5.01. The molecule has 0 spiro atoms. The van der Waals surface area contributed by atoms with Gasteiger partial charge in [0.2, 0.25) is 0 Å². The van der Waals surface area contributed by atoms with E-state index in [2.05, 4.69) is 6.92 Å². The minimum Gasteiger partial charge on any atom is -0.393 e. The van der Waals surface area contributed by atoms with Crippen molar-refractivity contribution in [1.29, 1.82) is 0 Å². The number of hydrogen-bond donors (Lipinski definition) is 1. The maximum absolute atomic E-state index is 9.86. The minimum absolute atomic E-state index is 0.0486. The first kappa shape index (κ1) is 7.60. The Labute approximate surface area is 68.8 Å². The van der Waals surface area contributed by atoms with Crippen LogP contribution >= 0.6 is 0 Å². The van der Waals surface area contributed by atoms with Crippen LogP contribution in [-0.2, 0) is 0 Å². The van der Waals surface area contributed by atoms with Gasteiger partial charge < -0.3 is 5.11 Å². The number of fused-ring (bicyclic) bond motifs is 3. The molecule has 3 saturated carbocycles. The second kappa shape index (κ2) is 2.78. The first-order chi connectivity index (χ1) is 5.33. The molecule has 3 fully saturated rings. The average Bonchev–Trinajstić information content (AvgIpc) is 2.06. The van der Waals surface area contributed by atoms with Crippen LogP contribution in [0, 0.1) is 17.8 Å². The molecular weight excluding hydrogens is 136 g/mol. The van der Waals surface area contributed by atoms with E-state index in [1.165, 1.54) is 32.1 Å². The summed E-state index contributed by atoms with van der Waals surface area (Å²) in [6.45, 7) is 2.22. The molecule has 1 N–H and O–H groups in total. The zero-order valence-corrected chi connectivity index (χ0v) is 7.29. The Kier molecular flexibility index (Phi) is 1.92. The molecule has 0 heterocycles. The van der Waals surface area contributed by atoms with Crippen LogP contribution in [0.4, 0.5) is 0 Å². The lowest BCUT2D eigenvalue weighted by molar-refractivity contribution is -0.0564. The molecule has 2 bridgehead atoms. The van der Waals surface area contributed by atoms with Gasteiger partial charge in [0.1, 0.15) is 0 Å². The van der Waals surface area contributed by atoms with Crippen LogP contribution in [0.3, 0.4) is 0 Å². The van der Waals surface area contributed by atoms with Crippen LogP contribution in [0.25, 0.3) is 0 Å². The highest BCUT2D eigenvalue weighted by molar-refractivity contribution is 4.91. The van der Waals surface area contributed by atoms with Crippen molar-refractivity contribution in [3.05, 3.63) is 0 Å². The third-order valence-corrected chi connectivity index (χ3v) is 3.82. The molecule has 64 valence electrons. The van der Waals surface area contributed by atoms with E-state index in [0.29, 0.717) is 11.8 Å². The molecule has 0 aromatic rings. The van der Waals surface area contributed by atoms with Crippen molar-refractivity contribution in [3.63, 3.8) is 0 Å². The molecule has 2 atom stereocenters. The molecule has 0 aliphatic heterocycles. The lowest BCUT2D eigenvalue weighted by atomic mass is 9.62. The number of aliphatic hydroxyl groups is 1. The van der Waals surface area contributed by atoms with Gasteiger partial charge in [-0.3, -0.25) is 0 Å². The Morgan fingerprint density at radius 3 is 2.00 bits per heavy atom. The Morgan fingerprint density at radius 2 is 1.64 bits per heavy atom. The summed E-state index contributed by atoms with van der Waals surface area (Å²) >= 11 is 0. The summed E-state index contributed by atoms with van der Waals surface area (Å²) in [6, 6.07) is 0.